The topological polar surface area (TPSA) is 72.2 Å². The Hall–Kier alpha value is -1.51. The molecule has 98 valence electrons. The summed E-state index contributed by atoms with van der Waals surface area (Å²) in [6.07, 6.45) is 6.93. The molecule has 0 radical (unpaired) electrons. The first-order valence-electron chi connectivity index (χ1n) is 5.82. The van der Waals surface area contributed by atoms with Gasteiger partial charge in [-0.2, -0.15) is 0 Å². The first kappa shape index (κ1) is 14.6. The zero-order chi connectivity index (χ0) is 13.6. The van der Waals surface area contributed by atoms with Gasteiger partial charge in [0.05, 0.1) is 4.90 Å². The summed E-state index contributed by atoms with van der Waals surface area (Å²) in [5.74, 6) is 2.47. The molecule has 0 spiro atoms. The van der Waals surface area contributed by atoms with E-state index in [9.17, 15) is 8.42 Å². The molecule has 0 aliphatic carbocycles. The molecule has 0 aromatic heterocycles. The molecular formula is C13H18N2O2S. The van der Waals surface area contributed by atoms with Crippen LogP contribution in [0.5, 0.6) is 0 Å². The summed E-state index contributed by atoms with van der Waals surface area (Å²) >= 11 is 0. The number of nitrogen functional groups attached to an aromatic ring is 1. The highest BCUT2D eigenvalue weighted by Gasteiger charge is 2.17. The highest BCUT2D eigenvalue weighted by atomic mass is 32.2. The van der Waals surface area contributed by atoms with Crippen molar-refractivity contribution in [2.24, 2.45) is 0 Å². The maximum atomic E-state index is 12.1. The van der Waals surface area contributed by atoms with Crippen LogP contribution in [0, 0.1) is 12.3 Å². The highest BCUT2D eigenvalue weighted by Crippen LogP contribution is 2.19. The molecule has 0 unspecified atom stereocenters. The lowest BCUT2D eigenvalue weighted by Crippen LogP contribution is -2.25. The van der Waals surface area contributed by atoms with Crippen molar-refractivity contribution in [2.75, 3.05) is 12.3 Å². The van der Waals surface area contributed by atoms with Crippen molar-refractivity contribution in [1.82, 2.24) is 4.72 Å². The van der Waals surface area contributed by atoms with E-state index in [2.05, 4.69) is 10.6 Å². The van der Waals surface area contributed by atoms with Crippen LogP contribution in [0.25, 0.3) is 0 Å². The van der Waals surface area contributed by atoms with Crippen LogP contribution in [0.15, 0.2) is 23.1 Å². The molecule has 1 aromatic rings. The van der Waals surface area contributed by atoms with Gasteiger partial charge in [-0.05, 0) is 30.5 Å². The fourth-order valence-corrected chi connectivity index (χ4v) is 3.01. The molecule has 0 amide bonds. The Kier molecular flexibility index (Phi) is 5.20. The lowest BCUT2D eigenvalue weighted by Gasteiger charge is -2.11. The van der Waals surface area contributed by atoms with Gasteiger partial charge in [0, 0.05) is 18.7 Å². The molecule has 5 heteroatoms. The van der Waals surface area contributed by atoms with Gasteiger partial charge in [0.15, 0.2) is 0 Å². The second-order valence-corrected chi connectivity index (χ2v) is 5.66. The van der Waals surface area contributed by atoms with Crippen molar-refractivity contribution in [2.45, 2.75) is 31.1 Å². The molecule has 1 aromatic carbocycles. The Morgan fingerprint density at radius 1 is 1.44 bits per heavy atom. The molecule has 0 aliphatic heterocycles. The number of benzene rings is 1. The lowest BCUT2D eigenvalue weighted by molar-refractivity contribution is 0.578. The Labute approximate surface area is 109 Å². The number of sulfonamides is 1. The fourth-order valence-electron chi connectivity index (χ4n) is 1.59. The molecule has 0 saturated heterocycles. The van der Waals surface area contributed by atoms with Crippen LogP contribution in [0.3, 0.4) is 0 Å². The maximum Gasteiger partial charge on any atom is 0.240 e. The number of nitrogens with two attached hydrogens (primary N) is 1. The molecule has 18 heavy (non-hydrogen) atoms. The van der Waals surface area contributed by atoms with Crippen LogP contribution < -0.4 is 10.5 Å². The lowest BCUT2D eigenvalue weighted by atomic mass is 10.1. The molecule has 4 nitrogen and oxygen atoms in total. The number of hydrogen-bond acceptors (Lipinski definition) is 3. The van der Waals surface area contributed by atoms with Crippen molar-refractivity contribution in [1.29, 1.82) is 0 Å². The van der Waals surface area contributed by atoms with Crippen LogP contribution in [0.4, 0.5) is 5.69 Å². The van der Waals surface area contributed by atoms with Gasteiger partial charge >= 0.3 is 0 Å². The SMILES string of the molecule is C#CCCCNS(=O)(=O)c1cc(N)ccc1CC. The van der Waals surface area contributed by atoms with E-state index in [1.165, 1.54) is 6.07 Å². The number of rotatable bonds is 6. The van der Waals surface area contributed by atoms with Crippen LogP contribution >= 0.6 is 0 Å². The second kappa shape index (κ2) is 6.43. The smallest absolute Gasteiger partial charge is 0.240 e. The van der Waals surface area contributed by atoms with E-state index in [4.69, 9.17) is 12.2 Å². The van der Waals surface area contributed by atoms with E-state index in [-0.39, 0.29) is 4.90 Å². The number of nitrogens with one attached hydrogen (secondary N) is 1. The molecule has 0 fully saturated rings. The van der Waals surface area contributed by atoms with E-state index >= 15 is 0 Å². The summed E-state index contributed by atoms with van der Waals surface area (Å²) in [4.78, 5) is 0.255. The summed E-state index contributed by atoms with van der Waals surface area (Å²) in [5.41, 5.74) is 6.84. The zero-order valence-electron chi connectivity index (χ0n) is 10.4. The van der Waals surface area contributed by atoms with Gasteiger partial charge in [-0.15, -0.1) is 12.3 Å². The van der Waals surface area contributed by atoms with Gasteiger partial charge in [-0.3, -0.25) is 0 Å². The number of anilines is 1. The van der Waals surface area contributed by atoms with E-state index in [1.54, 1.807) is 12.1 Å². The molecule has 1 rings (SSSR count). The first-order valence-corrected chi connectivity index (χ1v) is 7.31. The molecule has 0 bridgehead atoms. The van der Waals surface area contributed by atoms with Gasteiger partial charge in [0.25, 0.3) is 0 Å². The van der Waals surface area contributed by atoms with E-state index in [0.29, 0.717) is 31.5 Å². The summed E-state index contributed by atoms with van der Waals surface area (Å²) in [7, 11) is -3.50. The van der Waals surface area contributed by atoms with Gasteiger partial charge in [-0.25, -0.2) is 13.1 Å². The summed E-state index contributed by atoms with van der Waals surface area (Å²) in [6, 6.07) is 4.93. The summed E-state index contributed by atoms with van der Waals surface area (Å²) in [6.45, 7) is 2.24. The molecule has 3 N–H and O–H groups in total. The number of hydrogen-bond donors (Lipinski definition) is 2. The predicted octanol–water partition coefficient (Wildman–Crippen LogP) is 1.52. The number of aryl methyl sites for hydroxylation is 1. The first-order chi connectivity index (χ1) is 8.51. The monoisotopic (exact) mass is 266 g/mol. The van der Waals surface area contributed by atoms with Crippen molar-refractivity contribution >= 4 is 15.7 Å². The standard InChI is InChI=1S/C13H18N2O2S/c1-3-5-6-9-15-18(16,17)13-10-12(14)8-7-11(13)4-2/h1,7-8,10,15H,4-6,9,14H2,2H3. The van der Waals surface area contributed by atoms with Crippen molar-refractivity contribution in [3.63, 3.8) is 0 Å². The van der Waals surface area contributed by atoms with Gasteiger partial charge in [-0.1, -0.05) is 13.0 Å². The number of terminal acetylenes is 1. The maximum absolute atomic E-state index is 12.1. The quantitative estimate of drug-likeness (QED) is 0.466. The average molecular weight is 266 g/mol. The predicted molar refractivity (Wildman–Crippen MR) is 73.5 cm³/mol. The van der Waals surface area contributed by atoms with Crippen molar-refractivity contribution in [3.05, 3.63) is 23.8 Å². The third-order valence-corrected chi connectivity index (χ3v) is 4.09. The largest absolute Gasteiger partial charge is 0.399 e. The van der Waals surface area contributed by atoms with Gasteiger partial charge in [0.2, 0.25) is 10.0 Å². The molecule has 0 saturated carbocycles. The molecule has 0 atom stereocenters. The summed E-state index contributed by atoms with van der Waals surface area (Å²) < 4.78 is 26.8. The third kappa shape index (κ3) is 3.76. The Morgan fingerprint density at radius 3 is 2.78 bits per heavy atom. The minimum Gasteiger partial charge on any atom is -0.399 e. The molecular weight excluding hydrogens is 248 g/mol. The Bertz CT molecular complexity index is 545. The van der Waals surface area contributed by atoms with E-state index < -0.39 is 10.0 Å². The summed E-state index contributed by atoms with van der Waals surface area (Å²) in [5, 5.41) is 0. The third-order valence-electron chi connectivity index (χ3n) is 2.55. The van der Waals surface area contributed by atoms with Crippen LogP contribution in [0.1, 0.15) is 25.3 Å². The Morgan fingerprint density at radius 2 is 2.17 bits per heavy atom. The second-order valence-electron chi connectivity index (χ2n) is 3.93. The minimum absolute atomic E-state index is 0.255. The average Bonchev–Trinajstić information content (AvgIpc) is 2.35. The highest BCUT2D eigenvalue weighted by molar-refractivity contribution is 7.89. The van der Waals surface area contributed by atoms with Crippen molar-refractivity contribution in [3.8, 4) is 12.3 Å². The zero-order valence-corrected chi connectivity index (χ0v) is 11.3. The molecule has 0 heterocycles. The normalized spacial score (nSPS) is 11.1. The Balaban J connectivity index is 2.91. The van der Waals surface area contributed by atoms with Gasteiger partial charge < -0.3 is 5.73 Å². The van der Waals surface area contributed by atoms with Crippen molar-refractivity contribution < 1.29 is 8.42 Å². The fraction of sp³-hybridized carbons (Fsp3) is 0.385. The minimum atomic E-state index is -3.50. The van der Waals surface area contributed by atoms with E-state index in [1.807, 2.05) is 6.92 Å². The molecule has 0 aliphatic rings. The number of unbranched alkanes of at least 4 members (excludes halogenated alkanes) is 1. The van der Waals surface area contributed by atoms with Crippen LogP contribution in [0.2, 0.25) is 0 Å². The van der Waals surface area contributed by atoms with E-state index in [0.717, 1.165) is 5.56 Å². The van der Waals surface area contributed by atoms with Crippen LogP contribution in [-0.2, 0) is 16.4 Å². The van der Waals surface area contributed by atoms with Crippen LogP contribution in [-0.4, -0.2) is 15.0 Å². The van der Waals surface area contributed by atoms with Gasteiger partial charge in [0.1, 0.15) is 0 Å².